The molecule has 0 saturated carbocycles. The lowest BCUT2D eigenvalue weighted by Gasteiger charge is -2.00. The van der Waals surface area contributed by atoms with Gasteiger partial charge in [0.05, 0.1) is 10.9 Å². The van der Waals surface area contributed by atoms with Gasteiger partial charge in [0.25, 0.3) is 0 Å². The van der Waals surface area contributed by atoms with Crippen LogP contribution in [0.3, 0.4) is 0 Å². The Hall–Kier alpha value is -1.42. The van der Waals surface area contributed by atoms with Crippen LogP contribution in [0.4, 0.5) is 4.39 Å². The summed E-state index contributed by atoms with van der Waals surface area (Å²) in [6.07, 6.45) is 0. The predicted octanol–water partition coefficient (Wildman–Crippen LogP) is 1.48. The molecule has 2 aromatic rings. The maximum atomic E-state index is 13.8. The number of nitrogens with zero attached hydrogens (tertiary/aromatic N) is 2. The summed E-state index contributed by atoms with van der Waals surface area (Å²) in [5.41, 5.74) is 7.47. The summed E-state index contributed by atoms with van der Waals surface area (Å²) in [4.78, 5) is 0. The molecule has 0 spiro atoms. The lowest BCUT2D eigenvalue weighted by Crippen LogP contribution is -2.00. The van der Waals surface area contributed by atoms with E-state index in [-0.39, 0.29) is 12.4 Å². The van der Waals surface area contributed by atoms with Crippen LogP contribution >= 0.6 is 0 Å². The zero-order valence-electron chi connectivity index (χ0n) is 8.21. The van der Waals surface area contributed by atoms with Crippen molar-refractivity contribution < 1.29 is 4.39 Å². The Labute approximate surface area is 81.3 Å². The molecule has 0 aliphatic carbocycles. The van der Waals surface area contributed by atoms with E-state index in [0.717, 1.165) is 5.69 Å². The number of aryl methyl sites for hydroxylation is 2. The first-order valence-corrected chi connectivity index (χ1v) is 4.46. The highest BCUT2D eigenvalue weighted by atomic mass is 19.1. The topological polar surface area (TPSA) is 43.8 Å². The summed E-state index contributed by atoms with van der Waals surface area (Å²) in [7, 11) is 1.80. The van der Waals surface area contributed by atoms with Crippen molar-refractivity contribution in [3.05, 3.63) is 29.2 Å². The average Bonchev–Trinajstić information content (AvgIpc) is 2.44. The van der Waals surface area contributed by atoms with Gasteiger partial charge in [-0.2, -0.15) is 5.10 Å². The van der Waals surface area contributed by atoms with Crippen molar-refractivity contribution in [2.75, 3.05) is 0 Å². The van der Waals surface area contributed by atoms with E-state index in [1.807, 2.05) is 6.92 Å². The minimum atomic E-state index is -0.240. The third kappa shape index (κ3) is 1.11. The first kappa shape index (κ1) is 9.15. The molecule has 0 amide bonds. The van der Waals surface area contributed by atoms with Gasteiger partial charge in [0.1, 0.15) is 5.82 Å². The van der Waals surface area contributed by atoms with E-state index in [9.17, 15) is 4.39 Å². The summed E-state index contributed by atoms with van der Waals surface area (Å²) < 4.78 is 15.5. The zero-order chi connectivity index (χ0) is 10.3. The van der Waals surface area contributed by atoms with Gasteiger partial charge >= 0.3 is 0 Å². The number of nitrogens with two attached hydrogens (primary N) is 1. The Balaban J connectivity index is 2.86. The highest BCUT2D eigenvalue weighted by molar-refractivity contribution is 5.82. The second-order valence-electron chi connectivity index (χ2n) is 3.35. The van der Waals surface area contributed by atoms with Gasteiger partial charge in [-0.3, -0.25) is 4.68 Å². The molecule has 0 fully saturated rings. The van der Waals surface area contributed by atoms with Gasteiger partial charge in [0.15, 0.2) is 0 Å². The highest BCUT2D eigenvalue weighted by Crippen LogP contribution is 2.23. The van der Waals surface area contributed by atoms with E-state index >= 15 is 0 Å². The molecule has 0 saturated heterocycles. The first-order valence-electron chi connectivity index (χ1n) is 4.46. The Bertz CT molecular complexity index is 488. The number of benzene rings is 1. The van der Waals surface area contributed by atoms with Gasteiger partial charge in [0.2, 0.25) is 0 Å². The van der Waals surface area contributed by atoms with Crippen molar-refractivity contribution in [3.63, 3.8) is 0 Å². The molecule has 14 heavy (non-hydrogen) atoms. The SMILES string of the molecule is Cc1c2c(F)c(CN)ccc2nn1C. The molecule has 0 unspecified atom stereocenters. The van der Waals surface area contributed by atoms with Gasteiger partial charge in [-0.15, -0.1) is 0 Å². The minimum Gasteiger partial charge on any atom is -0.326 e. The van der Waals surface area contributed by atoms with Crippen LogP contribution in [0.1, 0.15) is 11.3 Å². The van der Waals surface area contributed by atoms with Crippen LogP contribution in [-0.2, 0) is 13.6 Å². The fraction of sp³-hybridized carbons (Fsp3) is 0.300. The fourth-order valence-corrected chi connectivity index (χ4v) is 1.59. The Morgan fingerprint density at radius 2 is 2.21 bits per heavy atom. The monoisotopic (exact) mass is 193 g/mol. The summed E-state index contributed by atoms with van der Waals surface area (Å²) in [6.45, 7) is 2.06. The third-order valence-corrected chi connectivity index (χ3v) is 2.52. The molecular formula is C10H12FN3. The molecule has 0 aliphatic heterocycles. The van der Waals surface area contributed by atoms with E-state index in [1.54, 1.807) is 23.9 Å². The second-order valence-corrected chi connectivity index (χ2v) is 3.35. The molecule has 0 radical (unpaired) electrons. The molecule has 2 rings (SSSR count). The van der Waals surface area contributed by atoms with Gasteiger partial charge in [0, 0.05) is 24.8 Å². The van der Waals surface area contributed by atoms with Crippen LogP contribution < -0.4 is 5.73 Å². The Morgan fingerprint density at radius 1 is 1.50 bits per heavy atom. The number of aromatic nitrogens is 2. The molecule has 0 bridgehead atoms. The van der Waals surface area contributed by atoms with Crippen molar-refractivity contribution in [3.8, 4) is 0 Å². The smallest absolute Gasteiger partial charge is 0.138 e. The van der Waals surface area contributed by atoms with E-state index in [4.69, 9.17) is 5.73 Å². The molecule has 0 atom stereocenters. The summed E-state index contributed by atoms with van der Waals surface area (Å²) in [5.74, 6) is -0.240. The second kappa shape index (κ2) is 3.06. The molecule has 3 nitrogen and oxygen atoms in total. The van der Waals surface area contributed by atoms with Gasteiger partial charge in [-0.05, 0) is 13.0 Å². The van der Waals surface area contributed by atoms with E-state index in [0.29, 0.717) is 16.5 Å². The number of hydrogen-bond acceptors (Lipinski definition) is 2. The Kier molecular flexibility index (Phi) is 2.00. The van der Waals surface area contributed by atoms with Crippen LogP contribution in [0.15, 0.2) is 12.1 Å². The normalized spacial score (nSPS) is 11.1. The Morgan fingerprint density at radius 3 is 2.86 bits per heavy atom. The lowest BCUT2D eigenvalue weighted by molar-refractivity contribution is 0.621. The molecule has 0 aliphatic rings. The van der Waals surface area contributed by atoms with E-state index < -0.39 is 0 Å². The molecule has 1 heterocycles. The van der Waals surface area contributed by atoms with Crippen molar-refractivity contribution >= 4 is 10.9 Å². The van der Waals surface area contributed by atoms with Crippen LogP contribution in [-0.4, -0.2) is 9.78 Å². The first-order chi connectivity index (χ1) is 6.65. The largest absolute Gasteiger partial charge is 0.326 e. The average molecular weight is 193 g/mol. The number of hydrogen-bond donors (Lipinski definition) is 1. The molecule has 4 heteroatoms. The molecule has 1 aromatic heterocycles. The van der Waals surface area contributed by atoms with Crippen LogP contribution in [0.25, 0.3) is 10.9 Å². The van der Waals surface area contributed by atoms with Gasteiger partial charge < -0.3 is 5.73 Å². The predicted molar refractivity (Wildman–Crippen MR) is 53.3 cm³/mol. The van der Waals surface area contributed by atoms with Gasteiger partial charge in [-0.1, -0.05) is 6.07 Å². The minimum absolute atomic E-state index is 0.218. The molecule has 2 N–H and O–H groups in total. The third-order valence-electron chi connectivity index (χ3n) is 2.52. The van der Waals surface area contributed by atoms with Gasteiger partial charge in [-0.25, -0.2) is 4.39 Å². The highest BCUT2D eigenvalue weighted by Gasteiger charge is 2.12. The summed E-state index contributed by atoms with van der Waals surface area (Å²) in [6, 6.07) is 3.48. The van der Waals surface area contributed by atoms with Crippen LogP contribution in [0.5, 0.6) is 0 Å². The number of fused-ring (bicyclic) bond motifs is 1. The molecular weight excluding hydrogens is 181 g/mol. The van der Waals surface area contributed by atoms with Crippen molar-refractivity contribution in [2.24, 2.45) is 12.8 Å². The van der Waals surface area contributed by atoms with Crippen LogP contribution in [0.2, 0.25) is 0 Å². The standard InChI is InChI=1S/C10H12FN3/c1-6-9-8(13-14(6)2)4-3-7(5-12)10(9)11/h3-4H,5,12H2,1-2H3. The number of halogens is 1. The quantitative estimate of drug-likeness (QED) is 0.745. The van der Waals surface area contributed by atoms with Crippen molar-refractivity contribution in [1.82, 2.24) is 9.78 Å². The summed E-state index contributed by atoms with van der Waals surface area (Å²) >= 11 is 0. The maximum Gasteiger partial charge on any atom is 0.138 e. The fourth-order valence-electron chi connectivity index (χ4n) is 1.59. The van der Waals surface area contributed by atoms with E-state index in [1.165, 1.54) is 0 Å². The molecule has 1 aromatic carbocycles. The van der Waals surface area contributed by atoms with Crippen molar-refractivity contribution in [2.45, 2.75) is 13.5 Å². The lowest BCUT2D eigenvalue weighted by atomic mass is 10.1. The van der Waals surface area contributed by atoms with Crippen LogP contribution in [0, 0.1) is 12.7 Å². The zero-order valence-corrected chi connectivity index (χ0v) is 8.21. The summed E-state index contributed by atoms with van der Waals surface area (Å²) in [5, 5.41) is 4.76. The maximum absolute atomic E-state index is 13.8. The number of rotatable bonds is 1. The van der Waals surface area contributed by atoms with E-state index in [2.05, 4.69) is 5.10 Å². The van der Waals surface area contributed by atoms with Crippen molar-refractivity contribution in [1.29, 1.82) is 0 Å². The molecule has 74 valence electrons.